The molecule has 22 heavy (non-hydrogen) atoms. The van der Waals surface area contributed by atoms with Crippen molar-refractivity contribution in [2.45, 2.75) is 26.3 Å². The van der Waals surface area contributed by atoms with Crippen LogP contribution < -0.4 is 5.73 Å². The van der Waals surface area contributed by atoms with Crippen LogP contribution in [0.25, 0.3) is 0 Å². The Bertz CT molecular complexity index is 608. The molecule has 0 saturated heterocycles. The largest absolute Gasteiger partial charge is 0.399 e. The molecule has 0 radical (unpaired) electrons. The van der Waals surface area contributed by atoms with Crippen molar-refractivity contribution in [3.8, 4) is 0 Å². The third-order valence-electron chi connectivity index (χ3n) is 3.87. The topological polar surface area (TPSA) is 46.3 Å². The lowest BCUT2D eigenvalue weighted by Gasteiger charge is -2.25. The van der Waals surface area contributed by atoms with Gasteiger partial charge in [0, 0.05) is 12.7 Å². The molecule has 0 aliphatic heterocycles. The number of likely N-dealkylation sites (N-methyl/N-ethyl adjacent to an activating group) is 1. The van der Waals surface area contributed by atoms with E-state index in [1.807, 2.05) is 38.2 Å². The van der Waals surface area contributed by atoms with Crippen LogP contribution in [0, 0.1) is 6.92 Å². The van der Waals surface area contributed by atoms with Gasteiger partial charge in [-0.3, -0.25) is 4.79 Å². The molecule has 0 heterocycles. The molecule has 0 fully saturated rings. The van der Waals surface area contributed by atoms with E-state index < -0.39 is 0 Å². The van der Waals surface area contributed by atoms with E-state index in [9.17, 15) is 4.79 Å². The molecule has 118 valence electrons. The second kappa shape index (κ2) is 7.85. The van der Waals surface area contributed by atoms with Gasteiger partial charge in [-0.1, -0.05) is 42.0 Å². The number of carbonyl (C=O) groups is 1. The van der Waals surface area contributed by atoms with E-state index in [4.69, 9.17) is 5.73 Å². The number of rotatable bonds is 4. The van der Waals surface area contributed by atoms with Crippen LogP contribution in [0.5, 0.6) is 0 Å². The van der Waals surface area contributed by atoms with Crippen LogP contribution in [-0.4, -0.2) is 17.9 Å². The lowest BCUT2D eigenvalue weighted by Crippen LogP contribution is -2.30. The van der Waals surface area contributed by atoms with Gasteiger partial charge in [-0.15, -0.1) is 12.4 Å². The first-order valence-corrected chi connectivity index (χ1v) is 7.14. The maximum atomic E-state index is 12.4. The Morgan fingerprint density at radius 1 is 1.09 bits per heavy atom. The van der Waals surface area contributed by atoms with Crippen molar-refractivity contribution in [2.75, 3.05) is 12.8 Å². The van der Waals surface area contributed by atoms with Gasteiger partial charge in [-0.2, -0.15) is 0 Å². The highest BCUT2D eigenvalue weighted by atomic mass is 35.5. The van der Waals surface area contributed by atoms with Crippen LogP contribution in [0.4, 0.5) is 5.69 Å². The Balaban J connectivity index is 0.00000242. The molecule has 0 bridgehead atoms. The van der Waals surface area contributed by atoms with Crippen molar-refractivity contribution >= 4 is 24.0 Å². The molecule has 0 aromatic heterocycles. The fourth-order valence-corrected chi connectivity index (χ4v) is 2.22. The Hall–Kier alpha value is -2.00. The minimum absolute atomic E-state index is 0. The quantitative estimate of drug-likeness (QED) is 0.872. The maximum absolute atomic E-state index is 12.4. The third kappa shape index (κ3) is 4.50. The molecule has 2 aromatic carbocycles. The summed E-state index contributed by atoms with van der Waals surface area (Å²) in [6.07, 6.45) is 0.396. The lowest BCUT2D eigenvalue weighted by atomic mass is 10.0. The van der Waals surface area contributed by atoms with Gasteiger partial charge in [0.2, 0.25) is 5.91 Å². The fourth-order valence-electron chi connectivity index (χ4n) is 2.22. The summed E-state index contributed by atoms with van der Waals surface area (Å²) in [5, 5.41) is 0. The summed E-state index contributed by atoms with van der Waals surface area (Å²) in [4.78, 5) is 14.2. The highest BCUT2D eigenvalue weighted by molar-refractivity contribution is 5.85. The summed E-state index contributed by atoms with van der Waals surface area (Å²) >= 11 is 0. The summed E-state index contributed by atoms with van der Waals surface area (Å²) < 4.78 is 0. The average molecular weight is 319 g/mol. The first-order valence-electron chi connectivity index (χ1n) is 7.14. The van der Waals surface area contributed by atoms with E-state index >= 15 is 0 Å². The molecule has 0 aliphatic rings. The number of nitrogens with two attached hydrogens (primary N) is 1. The number of nitrogen functional groups attached to an aromatic ring is 1. The van der Waals surface area contributed by atoms with Crippen molar-refractivity contribution in [1.82, 2.24) is 4.90 Å². The highest BCUT2D eigenvalue weighted by Crippen LogP contribution is 2.20. The predicted molar refractivity (Wildman–Crippen MR) is 94.2 cm³/mol. The molecule has 2 N–H and O–H groups in total. The second-order valence-electron chi connectivity index (χ2n) is 5.51. The van der Waals surface area contributed by atoms with Gasteiger partial charge < -0.3 is 10.6 Å². The SMILES string of the molecule is Cc1ccc(C(C)N(C)C(=O)Cc2ccc(N)cc2)cc1.Cl. The molecular formula is C18H23ClN2O. The maximum Gasteiger partial charge on any atom is 0.227 e. The second-order valence-corrected chi connectivity index (χ2v) is 5.51. The van der Waals surface area contributed by atoms with E-state index in [2.05, 4.69) is 31.2 Å². The summed E-state index contributed by atoms with van der Waals surface area (Å²) in [5.41, 5.74) is 9.73. The monoisotopic (exact) mass is 318 g/mol. The molecule has 0 saturated carbocycles. The molecular weight excluding hydrogens is 296 g/mol. The summed E-state index contributed by atoms with van der Waals surface area (Å²) in [5.74, 6) is 0.104. The van der Waals surface area contributed by atoms with Gasteiger partial charge >= 0.3 is 0 Å². The molecule has 1 unspecified atom stereocenters. The smallest absolute Gasteiger partial charge is 0.227 e. The first kappa shape index (κ1) is 18.1. The van der Waals surface area contributed by atoms with Crippen LogP contribution in [0.3, 0.4) is 0 Å². The Morgan fingerprint density at radius 3 is 2.18 bits per heavy atom. The minimum Gasteiger partial charge on any atom is -0.399 e. The van der Waals surface area contributed by atoms with Crippen LogP contribution >= 0.6 is 12.4 Å². The fraction of sp³-hybridized carbons (Fsp3) is 0.278. The summed E-state index contributed by atoms with van der Waals surface area (Å²) in [7, 11) is 1.85. The molecule has 3 nitrogen and oxygen atoms in total. The van der Waals surface area contributed by atoms with E-state index in [0.29, 0.717) is 12.1 Å². The van der Waals surface area contributed by atoms with E-state index in [0.717, 1.165) is 11.1 Å². The van der Waals surface area contributed by atoms with Gasteiger partial charge in [0.1, 0.15) is 0 Å². The van der Waals surface area contributed by atoms with Gasteiger partial charge in [0.15, 0.2) is 0 Å². The minimum atomic E-state index is 0. The van der Waals surface area contributed by atoms with Crippen molar-refractivity contribution in [3.63, 3.8) is 0 Å². The molecule has 1 atom stereocenters. The van der Waals surface area contributed by atoms with Crippen LogP contribution in [0.15, 0.2) is 48.5 Å². The summed E-state index contributed by atoms with van der Waals surface area (Å²) in [6, 6.07) is 15.8. The van der Waals surface area contributed by atoms with E-state index in [1.165, 1.54) is 5.56 Å². The number of halogens is 1. The van der Waals surface area contributed by atoms with Gasteiger partial charge in [-0.25, -0.2) is 0 Å². The zero-order valence-electron chi connectivity index (χ0n) is 13.2. The van der Waals surface area contributed by atoms with Crippen molar-refractivity contribution < 1.29 is 4.79 Å². The molecule has 2 aromatic rings. The molecule has 4 heteroatoms. The Morgan fingerprint density at radius 2 is 1.64 bits per heavy atom. The molecule has 1 amide bonds. The first-order chi connectivity index (χ1) is 9.97. The number of aryl methyl sites for hydroxylation is 1. The number of nitrogens with zero attached hydrogens (tertiary/aromatic N) is 1. The third-order valence-corrected chi connectivity index (χ3v) is 3.87. The zero-order valence-corrected chi connectivity index (χ0v) is 14.1. The van der Waals surface area contributed by atoms with Crippen molar-refractivity contribution in [3.05, 3.63) is 65.2 Å². The Labute approximate surface area is 138 Å². The number of hydrogen-bond donors (Lipinski definition) is 1. The molecule has 2 rings (SSSR count). The number of amides is 1. The van der Waals surface area contributed by atoms with Crippen LogP contribution in [-0.2, 0) is 11.2 Å². The number of benzene rings is 2. The highest BCUT2D eigenvalue weighted by Gasteiger charge is 2.17. The Kier molecular flexibility index (Phi) is 6.44. The predicted octanol–water partition coefficient (Wildman–Crippen LogP) is 3.76. The summed E-state index contributed by atoms with van der Waals surface area (Å²) in [6.45, 7) is 4.11. The van der Waals surface area contributed by atoms with E-state index in [1.54, 1.807) is 4.90 Å². The number of carbonyl (C=O) groups excluding carboxylic acids is 1. The van der Waals surface area contributed by atoms with Crippen molar-refractivity contribution in [2.24, 2.45) is 0 Å². The van der Waals surface area contributed by atoms with Gasteiger partial charge in [-0.05, 0) is 37.1 Å². The normalized spacial score (nSPS) is 11.4. The van der Waals surface area contributed by atoms with Crippen LogP contribution in [0.2, 0.25) is 0 Å². The number of hydrogen-bond acceptors (Lipinski definition) is 2. The van der Waals surface area contributed by atoms with Gasteiger partial charge in [0.05, 0.1) is 12.5 Å². The molecule has 0 aliphatic carbocycles. The van der Waals surface area contributed by atoms with Crippen LogP contribution in [0.1, 0.15) is 29.7 Å². The zero-order chi connectivity index (χ0) is 15.4. The van der Waals surface area contributed by atoms with Gasteiger partial charge in [0.25, 0.3) is 0 Å². The standard InChI is InChI=1S/C18H22N2O.ClH/c1-13-4-8-16(9-5-13)14(2)20(3)18(21)12-15-6-10-17(19)11-7-15;/h4-11,14H,12,19H2,1-3H3;1H. The lowest BCUT2D eigenvalue weighted by molar-refractivity contribution is -0.131. The number of anilines is 1. The average Bonchev–Trinajstić information content (AvgIpc) is 2.49. The van der Waals surface area contributed by atoms with Crippen molar-refractivity contribution in [1.29, 1.82) is 0 Å². The van der Waals surface area contributed by atoms with E-state index in [-0.39, 0.29) is 24.4 Å². The molecule has 0 spiro atoms.